The number of benzene rings is 2. The first kappa shape index (κ1) is 19.5. The lowest BCUT2D eigenvalue weighted by molar-refractivity contribution is -0.130. The Bertz CT molecular complexity index is 976. The van der Waals surface area contributed by atoms with E-state index in [9.17, 15) is 4.79 Å². The van der Waals surface area contributed by atoms with Gasteiger partial charge in [0.1, 0.15) is 10.8 Å². The Kier molecular flexibility index (Phi) is 5.81. The molecule has 1 aliphatic rings. The maximum atomic E-state index is 12.8. The zero-order chi connectivity index (χ0) is 20.2. The number of amides is 1. The van der Waals surface area contributed by atoms with Crippen LogP contribution in [0.1, 0.15) is 11.3 Å². The predicted octanol–water partition coefficient (Wildman–Crippen LogP) is 4.02. The van der Waals surface area contributed by atoms with Gasteiger partial charge < -0.3 is 14.5 Å². The average molecular weight is 408 g/mol. The Balaban J connectivity index is 1.34. The molecule has 1 amide bonds. The van der Waals surface area contributed by atoms with Crippen molar-refractivity contribution >= 4 is 22.9 Å². The maximum absolute atomic E-state index is 12.8. The Morgan fingerprint density at radius 3 is 2.48 bits per heavy atom. The molecule has 3 aromatic rings. The molecular formula is C23H25N3O2S. The number of carbonyl (C=O) groups is 1. The van der Waals surface area contributed by atoms with E-state index in [1.54, 1.807) is 18.4 Å². The molecule has 0 bridgehead atoms. The van der Waals surface area contributed by atoms with Gasteiger partial charge >= 0.3 is 0 Å². The molecule has 1 saturated heterocycles. The summed E-state index contributed by atoms with van der Waals surface area (Å²) in [7, 11) is 1.66. The minimum atomic E-state index is 0.154. The molecule has 6 heteroatoms. The van der Waals surface area contributed by atoms with Crippen LogP contribution in [0.2, 0.25) is 0 Å². The first-order valence-electron chi connectivity index (χ1n) is 9.81. The molecule has 4 rings (SSSR count). The average Bonchev–Trinajstić information content (AvgIpc) is 3.23. The van der Waals surface area contributed by atoms with Crippen LogP contribution in [0.4, 0.5) is 5.69 Å². The van der Waals surface area contributed by atoms with Gasteiger partial charge in [-0.25, -0.2) is 4.98 Å². The smallest absolute Gasteiger partial charge is 0.228 e. The van der Waals surface area contributed by atoms with E-state index in [0.29, 0.717) is 6.42 Å². The van der Waals surface area contributed by atoms with Crippen LogP contribution in [0.5, 0.6) is 5.75 Å². The third-order valence-corrected chi connectivity index (χ3v) is 6.25. The molecule has 150 valence electrons. The Labute approximate surface area is 175 Å². The summed E-state index contributed by atoms with van der Waals surface area (Å²) in [6, 6.07) is 16.3. The summed E-state index contributed by atoms with van der Waals surface area (Å²) in [4.78, 5) is 21.8. The fourth-order valence-electron chi connectivity index (χ4n) is 3.64. The first-order valence-corrected chi connectivity index (χ1v) is 10.7. The quantitative estimate of drug-likeness (QED) is 0.641. The van der Waals surface area contributed by atoms with E-state index in [4.69, 9.17) is 4.74 Å². The molecule has 0 aliphatic carbocycles. The van der Waals surface area contributed by atoms with Crippen LogP contribution in [-0.2, 0) is 11.2 Å². The molecule has 0 saturated carbocycles. The van der Waals surface area contributed by atoms with Gasteiger partial charge in [-0.05, 0) is 42.8 Å². The van der Waals surface area contributed by atoms with Crippen LogP contribution in [0.25, 0.3) is 10.6 Å². The van der Waals surface area contributed by atoms with Crippen molar-refractivity contribution in [2.75, 3.05) is 38.2 Å². The summed E-state index contributed by atoms with van der Waals surface area (Å²) in [6.45, 7) is 5.37. The topological polar surface area (TPSA) is 45.7 Å². The second kappa shape index (κ2) is 8.66. The summed E-state index contributed by atoms with van der Waals surface area (Å²) in [5, 5.41) is 2.92. The van der Waals surface area contributed by atoms with Crippen LogP contribution in [0.3, 0.4) is 0 Å². The predicted molar refractivity (Wildman–Crippen MR) is 118 cm³/mol. The van der Waals surface area contributed by atoms with E-state index in [1.807, 2.05) is 34.5 Å². The van der Waals surface area contributed by atoms with Crippen LogP contribution in [0.15, 0.2) is 53.9 Å². The molecule has 5 nitrogen and oxygen atoms in total. The number of nitrogens with zero attached hydrogens (tertiary/aromatic N) is 3. The highest BCUT2D eigenvalue weighted by atomic mass is 32.1. The summed E-state index contributed by atoms with van der Waals surface area (Å²) in [6.07, 6.45) is 0.358. The van der Waals surface area contributed by atoms with Gasteiger partial charge in [0.15, 0.2) is 0 Å². The Hall–Kier alpha value is -2.86. The number of ether oxygens (including phenoxy) is 1. The van der Waals surface area contributed by atoms with E-state index in [1.165, 1.54) is 11.3 Å². The van der Waals surface area contributed by atoms with Crippen molar-refractivity contribution in [3.63, 3.8) is 0 Å². The molecule has 0 spiro atoms. The molecule has 1 aliphatic heterocycles. The second-order valence-electron chi connectivity index (χ2n) is 7.20. The molecule has 29 heavy (non-hydrogen) atoms. The van der Waals surface area contributed by atoms with E-state index >= 15 is 0 Å². The number of hydrogen-bond donors (Lipinski definition) is 0. The number of aromatic nitrogens is 1. The Morgan fingerprint density at radius 2 is 1.79 bits per heavy atom. The van der Waals surface area contributed by atoms with Gasteiger partial charge in [-0.1, -0.05) is 18.2 Å². The lowest BCUT2D eigenvalue weighted by Gasteiger charge is -2.36. The summed E-state index contributed by atoms with van der Waals surface area (Å²) < 4.78 is 5.20. The van der Waals surface area contributed by atoms with Gasteiger partial charge in [0.25, 0.3) is 0 Å². The molecule has 0 radical (unpaired) electrons. The monoisotopic (exact) mass is 407 g/mol. The van der Waals surface area contributed by atoms with E-state index < -0.39 is 0 Å². The number of para-hydroxylation sites is 1. The molecule has 0 atom stereocenters. The maximum Gasteiger partial charge on any atom is 0.228 e. The summed E-state index contributed by atoms with van der Waals surface area (Å²) in [5.74, 6) is 0.978. The van der Waals surface area contributed by atoms with Crippen molar-refractivity contribution in [1.29, 1.82) is 0 Å². The number of methoxy groups -OCH3 is 1. The third kappa shape index (κ3) is 4.43. The largest absolute Gasteiger partial charge is 0.497 e. The fraction of sp³-hybridized carbons (Fsp3) is 0.304. The van der Waals surface area contributed by atoms with E-state index in [-0.39, 0.29) is 5.91 Å². The standard InChI is InChI=1S/C23H25N3O2S/c1-17-5-3-4-6-21(17)25-11-13-26(14-12-25)22(27)15-19-16-29-23(24-19)18-7-9-20(28-2)10-8-18/h3-10,16H,11-15H2,1-2H3. The molecule has 1 fully saturated rings. The third-order valence-electron chi connectivity index (χ3n) is 5.31. The SMILES string of the molecule is COc1ccc(-c2nc(CC(=O)N3CCN(c4ccccc4C)CC3)cs2)cc1. The van der Waals surface area contributed by atoms with Gasteiger partial charge in [0, 0.05) is 42.8 Å². The Morgan fingerprint density at radius 1 is 1.07 bits per heavy atom. The van der Waals surface area contributed by atoms with Crippen molar-refractivity contribution in [3.8, 4) is 16.3 Å². The zero-order valence-electron chi connectivity index (χ0n) is 16.8. The number of rotatable bonds is 5. The normalized spacial score (nSPS) is 14.1. The van der Waals surface area contributed by atoms with Crippen molar-refractivity contribution in [3.05, 3.63) is 65.2 Å². The number of carbonyl (C=O) groups excluding carboxylic acids is 1. The van der Waals surface area contributed by atoms with Crippen LogP contribution in [-0.4, -0.2) is 49.1 Å². The highest BCUT2D eigenvalue weighted by Crippen LogP contribution is 2.26. The molecular weight excluding hydrogens is 382 g/mol. The highest BCUT2D eigenvalue weighted by molar-refractivity contribution is 7.13. The number of piperazine rings is 1. The van der Waals surface area contributed by atoms with E-state index in [2.05, 4.69) is 41.1 Å². The number of thiazole rings is 1. The van der Waals surface area contributed by atoms with E-state index in [0.717, 1.165) is 48.2 Å². The number of anilines is 1. The van der Waals surface area contributed by atoms with Crippen LogP contribution >= 0.6 is 11.3 Å². The van der Waals surface area contributed by atoms with Gasteiger partial charge in [-0.15, -0.1) is 11.3 Å². The number of aryl methyl sites for hydroxylation is 1. The van der Waals surface area contributed by atoms with Crippen molar-refractivity contribution in [1.82, 2.24) is 9.88 Å². The summed E-state index contributed by atoms with van der Waals surface area (Å²) >= 11 is 1.57. The fourth-order valence-corrected chi connectivity index (χ4v) is 4.46. The molecule has 2 aromatic carbocycles. The van der Waals surface area contributed by atoms with Gasteiger partial charge in [0.05, 0.1) is 19.2 Å². The van der Waals surface area contributed by atoms with Gasteiger partial charge in [-0.2, -0.15) is 0 Å². The molecule has 0 unspecified atom stereocenters. The second-order valence-corrected chi connectivity index (χ2v) is 8.06. The van der Waals surface area contributed by atoms with Crippen molar-refractivity contribution < 1.29 is 9.53 Å². The van der Waals surface area contributed by atoms with Gasteiger partial charge in [0.2, 0.25) is 5.91 Å². The molecule has 1 aromatic heterocycles. The van der Waals surface area contributed by atoms with Crippen LogP contribution < -0.4 is 9.64 Å². The lowest BCUT2D eigenvalue weighted by Crippen LogP contribution is -2.49. The minimum Gasteiger partial charge on any atom is -0.497 e. The number of hydrogen-bond acceptors (Lipinski definition) is 5. The molecule has 0 N–H and O–H groups in total. The van der Waals surface area contributed by atoms with Crippen molar-refractivity contribution in [2.24, 2.45) is 0 Å². The molecule has 2 heterocycles. The summed E-state index contributed by atoms with van der Waals surface area (Å²) in [5.41, 5.74) is 4.43. The minimum absolute atomic E-state index is 0.154. The van der Waals surface area contributed by atoms with Gasteiger partial charge in [-0.3, -0.25) is 4.79 Å². The van der Waals surface area contributed by atoms with Crippen molar-refractivity contribution in [2.45, 2.75) is 13.3 Å². The first-order chi connectivity index (χ1) is 14.1. The zero-order valence-corrected chi connectivity index (χ0v) is 17.6. The van der Waals surface area contributed by atoms with Crippen LogP contribution in [0, 0.1) is 6.92 Å². The highest BCUT2D eigenvalue weighted by Gasteiger charge is 2.22. The lowest BCUT2D eigenvalue weighted by atomic mass is 10.1.